The molecule has 0 atom stereocenters. The molecular weight excluding hydrogens is 582 g/mol. The van der Waals surface area contributed by atoms with Crippen molar-refractivity contribution in [3.8, 4) is 16.9 Å². The lowest BCUT2D eigenvalue weighted by Gasteiger charge is -2.37. The molecule has 6 rings (SSSR count). The summed E-state index contributed by atoms with van der Waals surface area (Å²) in [4.78, 5) is 38.9. The first-order valence-electron chi connectivity index (χ1n) is 15.5. The van der Waals surface area contributed by atoms with E-state index in [1.165, 1.54) is 6.33 Å². The lowest BCUT2D eigenvalue weighted by atomic mass is 9.93. The predicted molar refractivity (Wildman–Crippen MR) is 177 cm³/mol. The molecule has 0 saturated carbocycles. The Morgan fingerprint density at radius 3 is 2.30 bits per heavy atom. The zero-order valence-corrected chi connectivity index (χ0v) is 26.8. The molecule has 0 unspecified atom stereocenters. The second kappa shape index (κ2) is 12.4. The lowest BCUT2D eigenvalue weighted by molar-refractivity contribution is -0.115. The van der Waals surface area contributed by atoms with Crippen molar-refractivity contribution < 1.29 is 14.1 Å². The maximum Gasteiger partial charge on any atom is 0.253 e. The van der Waals surface area contributed by atoms with E-state index in [0.29, 0.717) is 58.6 Å². The summed E-state index contributed by atoms with van der Waals surface area (Å²) in [6.07, 6.45) is 1.51. The molecule has 3 N–H and O–H groups in total. The van der Waals surface area contributed by atoms with Crippen LogP contribution in [0.2, 0.25) is 0 Å². The Hall–Kier alpha value is -5.10. The Morgan fingerprint density at radius 2 is 1.67 bits per heavy atom. The second-order valence-corrected chi connectivity index (χ2v) is 12.9. The van der Waals surface area contributed by atoms with Gasteiger partial charge in [0.25, 0.3) is 5.91 Å². The topological polar surface area (TPSA) is 148 Å². The Labute approximate surface area is 267 Å². The number of piperazine rings is 1. The third kappa shape index (κ3) is 6.34. The van der Waals surface area contributed by atoms with Crippen molar-refractivity contribution in [1.29, 1.82) is 0 Å². The van der Waals surface area contributed by atoms with Gasteiger partial charge in [-0.2, -0.15) is 5.10 Å². The quantitative estimate of drug-likeness (QED) is 0.264. The van der Waals surface area contributed by atoms with Crippen LogP contribution in [0.25, 0.3) is 28.0 Å². The van der Waals surface area contributed by atoms with Gasteiger partial charge in [0.2, 0.25) is 5.91 Å². The zero-order chi connectivity index (χ0) is 32.6. The van der Waals surface area contributed by atoms with Crippen LogP contribution in [0.5, 0.6) is 0 Å². The smallest absolute Gasteiger partial charge is 0.253 e. The van der Waals surface area contributed by atoms with Gasteiger partial charge in [-0.25, -0.2) is 14.6 Å². The second-order valence-electron chi connectivity index (χ2n) is 12.9. The number of hydrogen-bond acceptors (Lipinski definition) is 9. The number of hydrogen-bond donors (Lipinski definition) is 2. The van der Waals surface area contributed by atoms with Gasteiger partial charge in [0.1, 0.15) is 23.6 Å². The summed E-state index contributed by atoms with van der Waals surface area (Å²) in [6, 6.07) is 17.0. The molecular formula is C34H39N9O3. The number of carbonyl (C=O) groups excluding carboxylic acids is 2. The number of nitrogen functional groups attached to an aromatic ring is 1. The molecule has 0 radical (unpaired) electrons. The van der Waals surface area contributed by atoms with Crippen molar-refractivity contribution in [3.05, 3.63) is 77.9 Å². The van der Waals surface area contributed by atoms with Crippen LogP contribution >= 0.6 is 0 Å². The van der Waals surface area contributed by atoms with Gasteiger partial charge in [0.05, 0.1) is 23.2 Å². The molecule has 4 heterocycles. The van der Waals surface area contributed by atoms with Crippen LogP contribution in [0.4, 0.5) is 11.5 Å². The monoisotopic (exact) mass is 621 g/mol. The van der Waals surface area contributed by atoms with Gasteiger partial charge < -0.3 is 20.5 Å². The number of benzene rings is 2. The fourth-order valence-corrected chi connectivity index (χ4v) is 5.56. The number of nitrogens with two attached hydrogens (primary N) is 1. The van der Waals surface area contributed by atoms with Crippen molar-refractivity contribution in [2.24, 2.45) is 0 Å². The number of aromatic nitrogens is 5. The minimum Gasteiger partial charge on any atom is -0.383 e. The van der Waals surface area contributed by atoms with Crippen LogP contribution in [0.1, 0.15) is 56.4 Å². The van der Waals surface area contributed by atoms with Crippen LogP contribution in [0.3, 0.4) is 0 Å². The highest BCUT2D eigenvalue weighted by Gasteiger charge is 2.24. The lowest BCUT2D eigenvalue weighted by Crippen LogP contribution is -2.50. The highest BCUT2D eigenvalue weighted by molar-refractivity contribution is 6.00. The molecule has 12 heteroatoms. The maximum absolute atomic E-state index is 13.2. The van der Waals surface area contributed by atoms with Gasteiger partial charge in [-0.3, -0.25) is 14.5 Å². The molecule has 0 aliphatic carbocycles. The van der Waals surface area contributed by atoms with Gasteiger partial charge in [-0.1, -0.05) is 38.1 Å². The summed E-state index contributed by atoms with van der Waals surface area (Å²) in [7, 11) is 0. The molecule has 238 valence electrons. The van der Waals surface area contributed by atoms with Crippen LogP contribution in [-0.2, 0) is 16.6 Å². The molecule has 5 aromatic rings. The Kier molecular flexibility index (Phi) is 8.30. The number of carbonyl (C=O) groups is 2. The molecule has 1 aliphatic heterocycles. The first-order chi connectivity index (χ1) is 22.0. The summed E-state index contributed by atoms with van der Waals surface area (Å²) < 4.78 is 7.10. The van der Waals surface area contributed by atoms with E-state index >= 15 is 0 Å². The number of nitrogens with zero attached hydrogens (tertiary/aromatic N) is 7. The first-order valence-corrected chi connectivity index (χ1v) is 15.5. The molecule has 0 bridgehead atoms. The first kappa shape index (κ1) is 30.9. The Bertz CT molecular complexity index is 1860. The van der Waals surface area contributed by atoms with Gasteiger partial charge in [-0.05, 0) is 50.2 Å². The van der Waals surface area contributed by atoms with Crippen molar-refractivity contribution in [2.75, 3.05) is 37.2 Å². The van der Waals surface area contributed by atoms with E-state index in [0.717, 1.165) is 30.1 Å². The number of anilines is 2. The molecule has 2 aromatic carbocycles. The summed E-state index contributed by atoms with van der Waals surface area (Å²) >= 11 is 0. The van der Waals surface area contributed by atoms with Gasteiger partial charge in [0, 0.05) is 60.5 Å². The minimum atomic E-state index is -0.200. The van der Waals surface area contributed by atoms with Crippen LogP contribution in [-0.4, -0.2) is 78.7 Å². The molecule has 0 spiro atoms. The molecule has 1 aliphatic rings. The summed E-state index contributed by atoms with van der Waals surface area (Å²) in [6.45, 7) is 13.6. The highest BCUT2D eigenvalue weighted by atomic mass is 16.5. The minimum absolute atomic E-state index is 0.0241. The summed E-state index contributed by atoms with van der Waals surface area (Å²) in [5.41, 5.74) is 10.7. The van der Waals surface area contributed by atoms with Gasteiger partial charge in [-0.15, -0.1) is 0 Å². The third-order valence-corrected chi connectivity index (χ3v) is 8.27. The van der Waals surface area contributed by atoms with Gasteiger partial charge >= 0.3 is 0 Å². The number of fused-ring (bicyclic) bond motifs is 1. The molecule has 2 amide bonds. The van der Waals surface area contributed by atoms with E-state index in [2.05, 4.69) is 39.2 Å². The molecule has 1 fully saturated rings. The SMILES string of the molecule is CC(C)N1CCN(C(=O)c2ccc(-c3nn(-c4ccc(NC(=O)Cc5cc(C(C)(C)C)on5)cc4)c4ncnc(N)c34)cc2)CC1. The maximum atomic E-state index is 13.2. The zero-order valence-electron chi connectivity index (χ0n) is 26.8. The average Bonchev–Trinajstić information content (AvgIpc) is 3.67. The van der Waals surface area contributed by atoms with E-state index in [1.807, 2.05) is 68.1 Å². The van der Waals surface area contributed by atoms with Crippen LogP contribution in [0.15, 0.2) is 65.4 Å². The van der Waals surface area contributed by atoms with Gasteiger partial charge in [0.15, 0.2) is 5.65 Å². The van der Waals surface area contributed by atoms with Crippen molar-refractivity contribution in [2.45, 2.75) is 52.5 Å². The number of nitrogens with one attached hydrogen (secondary N) is 1. The fourth-order valence-electron chi connectivity index (χ4n) is 5.56. The largest absolute Gasteiger partial charge is 0.383 e. The van der Waals surface area contributed by atoms with E-state index in [-0.39, 0.29) is 23.7 Å². The Morgan fingerprint density at radius 1 is 0.978 bits per heavy atom. The van der Waals surface area contributed by atoms with Crippen molar-refractivity contribution in [1.82, 2.24) is 34.7 Å². The summed E-state index contributed by atoms with van der Waals surface area (Å²) in [5, 5.41) is 12.4. The number of rotatable bonds is 7. The molecule has 46 heavy (non-hydrogen) atoms. The fraction of sp³-hybridized carbons (Fsp3) is 0.353. The van der Waals surface area contributed by atoms with Crippen molar-refractivity contribution >= 4 is 34.4 Å². The summed E-state index contributed by atoms with van der Waals surface area (Å²) in [5.74, 6) is 0.862. The highest BCUT2D eigenvalue weighted by Crippen LogP contribution is 2.32. The third-order valence-electron chi connectivity index (χ3n) is 8.27. The molecule has 3 aromatic heterocycles. The van der Waals surface area contributed by atoms with Crippen LogP contribution < -0.4 is 11.1 Å². The van der Waals surface area contributed by atoms with E-state index in [9.17, 15) is 9.59 Å². The molecule has 1 saturated heterocycles. The average molecular weight is 622 g/mol. The van der Waals surface area contributed by atoms with E-state index in [1.54, 1.807) is 16.8 Å². The standard InChI is InChI=1S/C34H39N9O3/c1-21(2)41-14-16-42(17-15-41)33(45)23-8-6-22(7-9-23)30-29-31(35)36-20-37-32(29)43(39-30)26-12-10-24(11-13-26)38-28(44)19-25-18-27(46-40-25)34(3,4)5/h6-13,18,20-21H,14-17,19H2,1-5H3,(H,38,44)(H2,35,36,37). The number of amides is 2. The van der Waals surface area contributed by atoms with E-state index < -0.39 is 0 Å². The van der Waals surface area contributed by atoms with Crippen molar-refractivity contribution in [3.63, 3.8) is 0 Å². The predicted octanol–water partition coefficient (Wildman–Crippen LogP) is 4.70. The Balaban J connectivity index is 1.19. The molecule has 12 nitrogen and oxygen atoms in total. The van der Waals surface area contributed by atoms with E-state index in [4.69, 9.17) is 15.4 Å². The normalized spacial score (nSPS) is 14.3. The van der Waals surface area contributed by atoms with Crippen LogP contribution in [0, 0.1) is 0 Å².